The highest BCUT2D eigenvalue weighted by molar-refractivity contribution is 8.00. The lowest BCUT2D eigenvalue weighted by Gasteiger charge is -2.07. The summed E-state index contributed by atoms with van der Waals surface area (Å²) < 4.78 is 13.3. The molecule has 0 radical (unpaired) electrons. The zero-order chi connectivity index (χ0) is 24.2. The van der Waals surface area contributed by atoms with E-state index in [0.717, 1.165) is 45.7 Å². The fourth-order valence-corrected chi connectivity index (χ4v) is 6.75. The van der Waals surface area contributed by atoms with Crippen LogP contribution >= 0.6 is 34.4 Å². The molecule has 1 aliphatic carbocycles. The van der Waals surface area contributed by atoms with Gasteiger partial charge in [0.2, 0.25) is 5.91 Å². The summed E-state index contributed by atoms with van der Waals surface area (Å²) in [6.07, 6.45) is 2.74. The van der Waals surface area contributed by atoms with Gasteiger partial charge >= 0.3 is 5.97 Å². The van der Waals surface area contributed by atoms with Gasteiger partial charge in [-0.1, -0.05) is 11.3 Å². The van der Waals surface area contributed by atoms with Crippen LogP contribution in [0.15, 0.2) is 23.2 Å². The fraction of sp³-hybridized carbons (Fsp3) is 0.391. The van der Waals surface area contributed by atoms with Crippen molar-refractivity contribution < 1.29 is 23.9 Å². The number of thiazole rings is 1. The number of benzene rings is 1. The standard InChI is InChI=1S/C23H25N3O5S3/c1-4-31-22(29)20-14-6-5-7-16(14)33-21(20)24-18(27)11-32-12-19(28)25-23-26(2)15-9-8-13(30-3)10-17(15)34-23/h8-10H,4-7,11-12H2,1-3H3,(H,24,27). The molecule has 1 N–H and O–H groups in total. The number of carbonyl (C=O) groups is 3. The van der Waals surface area contributed by atoms with Crippen LogP contribution < -0.4 is 14.9 Å². The van der Waals surface area contributed by atoms with Crippen molar-refractivity contribution in [2.75, 3.05) is 30.5 Å². The molecule has 34 heavy (non-hydrogen) atoms. The zero-order valence-corrected chi connectivity index (χ0v) is 21.6. The van der Waals surface area contributed by atoms with Crippen molar-refractivity contribution in [2.24, 2.45) is 12.0 Å². The van der Waals surface area contributed by atoms with E-state index in [9.17, 15) is 14.4 Å². The molecule has 11 heteroatoms. The van der Waals surface area contributed by atoms with Gasteiger partial charge in [0.15, 0.2) is 4.80 Å². The van der Waals surface area contributed by atoms with E-state index in [1.807, 2.05) is 29.8 Å². The summed E-state index contributed by atoms with van der Waals surface area (Å²) >= 11 is 4.04. The van der Waals surface area contributed by atoms with Crippen LogP contribution in [-0.4, -0.2) is 47.6 Å². The summed E-state index contributed by atoms with van der Waals surface area (Å²) in [5, 5.41) is 3.38. The maximum absolute atomic E-state index is 12.5. The Morgan fingerprint density at radius 3 is 2.79 bits per heavy atom. The number of hydrogen-bond acceptors (Lipinski definition) is 8. The minimum absolute atomic E-state index is 0.0800. The Morgan fingerprint density at radius 2 is 2.03 bits per heavy atom. The summed E-state index contributed by atoms with van der Waals surface area (Å²) in [5.41, 5.74) is 2.44. The van der Waals surface area contributed by atoms with Crippen LogP contribution in [0.2, 0.25) is 0 Å². The Labute approximate surface area is 209 Å². The van der Waals surface area contributed by atoms with Crippen LogP contribution in [-0.2, 0) is 34.2 Å². The number of nitrogens with zero attached hydrogens (tertiary/aromatic N) is 2. The second-order valence-corrected chi connectivity index (χ2v) is 10.7. The highest BCUT2D eigenvalue weighted by Crippen LogP contribution is 2.39. The van der Waals surface area contributed by atoms with Crippen LogP contribution in [0, 0.1) is 0 Å². The Hall–Kier alpha value is -2.63. The molecule has 0 spiro atoms. The number of aromatic nitrogens is 1. The van der Waals surface area contributed by atoms with Crippen LogP contribution in [0.4, 0.5) is 5.00 Å². The number of anilines is 1. The van der Waals surface area contributed by atoms with E-state index in [1.165, 1.54) is 34.4 Å². The number of methoxy groups -OCH3 is 1. The summed E-state index contributed by atoms with van der Waals surface area (Å²) in [6, 6.07) is 5.70. The maximum Gasteiger partial charge on any atom is 0.341 e. The van der Waals surface area contributed by atoms with E-state index < -0.39 is 5.97 Å². The molecule has 180 valence electrons. The second kappa shape index (κ2) is 10.7. The number of thioether (sulfide) groups is 1. The Morgan fingerprint density at radius 1 is 1.21 bits per heavy atom. The van der Waals surface area contributed by atoms with Gasteiger partial charge < -0.3 is 19.4 Å². The second-order valence-electron chi connectivity index (χ2n) is 7.61. The third-order valence-corrected chi connectivity index (χ3v) is 8.57. The molecule has 8 nitrogen and oxygen atoms in total. The molecule has 0 bridgehead atoms. The third-order valence-electron chi connectivity index (χ3n) is 5.35. The molecule has 0 atom stereocenters. The fourth-order valence-electron chi connectivity index (χ4n) is 3.79. The van der Waals surface area contributed by atoms with Crippen LogP contribution in [0.5, 0.6) is 5.75 Å². The number of aryl methyl sites for hydroxylation is 2. The van der Waals surface area contributed by atoms with Gasteiger partial charge in [0.25, 0.3) is 5.91 Å². The van der Waals surface area contributed by atoms with Crippen molar-refractivity contribution in [2.45, 2.75) is 26.2 Å². The molecule has 2 aromatic heterocycles. The lowest BCUT2D eigenvalue weighted by atomic mass is 10.1. The van der Waals surface area contributed by atoms with Crippen LogP contribution in [0.25, 0.3) is 10.2 Å². The van der Waals surface area contributed by atoms with Crippen molar-refractivity contribution in [3.8, 4) is 5.75 Å². The Kier molecular flexibility index (Phi) is 7.74. The smallest absolute Gasteiger partial charge is 0.341 e. The van der Waals surface area contributed by atoms with E-state index in [-0.39, 0.29) is 29.9 Å². The summed E-state index contributed by atoms with van der Waals surface area (Å²) in [5.74, 6) is -0.0565. The number of rotatable bonds is 8. The molecule has 3 aromatic rings. The molecule has 2 heterocycles. The van der Waals surface area contributed by atoms with Gasteiger partial charge in [0.1, 0.15) is 10.8 Å². The largest absolute Gasteiger partial charge is 0.497 e. The SMILES string of the molecule is CCOC(=O)c1c(NC(=O)CSCC(=O)N=c2sc3cc(OC)ccc3n2C)sc2c1CCC2. The number of ether oxygens (including phenoxy) is 2. The lowest BCUT2D eigenvalue weighted by molar-refractivity contribution is -0.115. The molecule has 0 unspecified atom stereocenters. The highest BCUT2D eigenvalue weighted by atomic mass is 32.2. The minimum Gasteiger partial charge on any atom is -0.497 e. The molecule has 0 aliphatic heterocycles. The predicted octanol–water partition coefficient (Wildman–Crippen LogP) is 3.77. The number of thiophene rings is 1. The Bertz CT molecular complexity index is 1320. The van der Waals surface area contributed by atoms with Crippen molar-refractivity contribution in [3.63, 3.8) is 0 Å². The van der Waals surface area contributed by atoms with E-state index in [0.29, 0.717) is 15.4 Å². The highest BCUT2D eigenvalue weighted by Gasteiger charge is 2.28. The number of amides is 2. The Balaban J connectivity index is 1.37. The van der Waals surface area contributed by atoms with E-state index in [4.69, 9.17) is 9.47 Å². The normalized spacial score (nSPS) is 13.2. The number of carbonyl (C=O) groups excluding carboxylic acids is 3. The molecular formula is C23H25N3O5S3. The molecular weight excluding hydrogens is 494 g/mol. The van der Waals surface area contributed by atoms with Gasteiger partial charge in [0, 0.05) is 11.9 Å². The number of esters is 1. The first-order chi connectivity index (χ1) is 16.4. The first kappa shape index (κ1) is 24.5. The van der Waals surface area contributed by atoms with Gasteiger partial charge in [-0.15, -0.1) is 23.1 Å². The van der Waals surface area contributed by atoms with Crippen molar-refractivity contribution in [1.29, 1.82) is 0 Å². The third kappa shape index (κ3) is 5.21. The minimum atomic E-state index is -0.396. The average Bonchev–Trinajstić information content (AvgIpc) is 3.47. The molecule has 4 rings (SSSR count). The first-order valence-electron chi connectivity index (χ1n) is 10.8. The zero-order valence-electron chi connectivity index (χ0n) is 19.1. The summed E-state index contributed by atoms with van der Waals surface area (Å²) in [7, 11) is 3.47. The van der Waals surface area contributed by atoms with Gasteiger partial charge in [-0.3, -0.25) is 9.59 Å². The molecule has 1 aliphatic rings. The molecule has 0 saturated heterocycles. The number of nitrogens with one attached hydrogen (secondary N) is 1. The molecule has 1 aromatic carbocycles. The average molecular weight is 520 g/mol. The van der Waals surface area contributed by atoms with Gasteiger partial charge in [-0.05, 0) is 49.9 Å². The van der Waals surface area contributed by atoms with Crippen LogP contribution in [0.1, 0.15) is 34.1 Å². The summed E-state index contributed by atoms with van der Waals surface area (Å²) in [6.45, 7) is 2.04. The number of fused-ring (bicyclic) bond motifs is 2. The maximum atomic E-state index is 12.5. The lowest BCUT2D eigenvalue weighted by Crippen LogP contribution is -2.18. The van der Waals surface area contributed by atoms with E-state index >= 15 is 0 Å². The molecule has 0 fully saturated rings. The van der Waals surface area contributed by atoms with Crippen molar-refractivity contribution in [1.82, 2.24) is 4.57 Å². The van der Waals surface area contributed by atoms with Gasteiger partial charge in [-0.2, -0.15) is 4.99 Å². The molecule has 2 amide bonds. The van der Waals surface area contributed by atoms with Gasteiger partial charge in [-0.25, -0.2) is 4.79 Å². The monoisotopic (exact) mass is 519 g/mol. The first-order valence-corrected chi connectivity index (χ1v) is 13.6. The molecule has 0 saturated carbocycles. The van der Waals surface area contributed by atoms with E-state index in [1.54, 1.807) is 14.0 Å². The topological polar surface area (TPSA) is 99.0 Å². The van der Waals surface area contributed by atoms with E-state index in [2.05, 4.69) is 10.3 Å². The van der Waals surface area contributed by atoms with Crippen molar-refractivity contribution in [3.05, 3.63) is 39.0 Å². The summed E-state index contributed by atoms with van der Waals surface area (Å²) in [4.78, 5) is 43.3. The number of hydrogen-bond donors (Lipinski definition) is 1. The predicted molar refractivity (Wildman–Crippen MR) is 136 cm³/mol. The van der Waals surface area contributed by atoms with Crippen molar-refractivity contribution >= 4 is 67.4 Å². The van der Waals surface area contributed by atoms with Crippen LogP contribution in [0.3, 0.4) is 0 Å². The van der Waals surface area contributed by atoms with Gasteiger partial charge in [0.05, 0.1) is 41.0 Å². The quantitative estimate of drug-likeness (QED) is 0.455.